The number of pyridine rings is 1. The number of thioether (sulfide) groups is 1. The Balaban J connectivity index is 1.77. The van der Waals surface area contributed by atoms with Crippen molar-refractivity contribution in [3.05, 3.63) is 71.8 Å². The van der Waals surface area contributed by atoms with Gasteiger partial charge in [-0.2, -0.15) is 5.26 Å². The predicted octanol–water partition coefficient (Wildman–Crippen LogP) is 4.26. The van der Waals surface area contributed by atoms with Crippen molar-refractivity contribution in [3.8, 4) is 17.3 Å². The van der Waals surface area contributed by atoms with E-state index in [1.54, 1.807) is 12.1 Å². The Morgan fingerprint density at radius 3 is 2.29 bits per heavy atom. The molecule has 2 aromatic carbocycles. The fourth-order valence-electron chi connectivity index (χ4n) is 3.15. The van der Waals surface area contributed by atoms with E-state index in [9.17, 15) is 23.3 Å². The van der Waals surface area contributed by atoms with Crippen LogP contribution in [0.4, 0.5) is 5.69 Å². The highest BCUT2D eigenvalue weighted by molar-refractivity contribution is 8.00. The molecule has 0 spiro atoms. The highest BCUT2D eigenvalue weighted by Gasteiger charge is 2.22. The van der Waals surface area contributed by atoms with Crippen molar-refractivity contribution in [2.24, 2.45) is 0 Å². The highest BCUT2D eigenvalue weighted by atomic mass is 32.2. The summed E-state index contributed by atoms with van der Waals surface area (Å²) in [7, 11) is -3.96. The molecule has 1 unspecified atom stereocenters. The lowest BCUT2D eigenvalue weighted by Crippen LogP contribution is -2.28. The Bertz CT molecular complexity index is 1380. The van der Waals surface area contributed by atoms with Gasteiger partial charge in [0, 0.05) is 18.2 Å². The van der Waals surface area contributed by atoms with Gasteiger partial charge in [0.1, 0.15) is 11.1 Å². The molecule has 0 fully saturated rings. The van der Waals surface area contributed by atoms with Gasteiger partial charge in [-0.15, -0.1) is 0 Å². The Hall–Kier alpha value is -3.68. The number of rotatable bonds is 8. The number of nitrogens with one attached hydrogen (secondary N) is 2. The number of amides is 2. The summed E-state index contributed by atoms with van der Waals surface area (Å²) in [4.78, 5) is 28.6. The van der Waals surface area contributed by atoms with Gasteiger partial charge in [-0.1, -0.05) is 48.5 Å². The molecule has 0 aliphatic heterocycles. The van der Waals surface area contributed by atoms with Crippen molar-refractivity contribution in [1.29, 1.82) is 5.26 Å². The molecule has 0 saturated heterocycles. The molecule has 0 bridgehead atoms. The maximum atomic E-state index is 12.9. The fraction of sp³-hybridized carbons (Fsp3) is 0.200. The molecule has 0 saturated carbocycles. The standard InChI is InChI=1S/C25H24N4O4S2/c1-4-23(24(31)27-20-10-12-21(13-11-20)35(32,33)29-17(3)30)34-25-19(15-26)9-14-22(28-25)18-7-5-16(2)6-8-18/h5-14,23H,4H2,1-3H3,(H,27,31)(H,29,30). The molecule has 1 heterocycles. The van der Waals surface area contributed by atoms with Crippen LogP contribution in [0.1, 0.15) is 31.4 Å². The van der Waals surface area contributed by atoms with Crippen LogP contribution in [0.25, 0.3) is 11.3 Å². The van der Waals surface area contributed by atoms with Crippen LogP contribution in [-0.2, 0) is 19.6 Å². The molecule has 1 atom stereocenters. The number of aryl methyl sites for hydroxylation is 1. The third kappa shape index (κ3) is 6.68. The summed E-state index contributed by atoms with van der Waals surface area (Å²) < 4.78 is 26.1. The van der Waals surface area contributed by atoms with Crippen LogP contribution in [0.15, 0.2) is 70.6 Å². The molecule has 35 heavy (non-hydrogen) atoms. The van der Waals surface area contributed by atoms with Gasteiger partial charge >= 0.3 is 0 Å². The number of nitrogens with zero attached hydrogens (tertiary/aromatic N) is 2. The lowest BCUT2D eigenvalue weighted by Gasteiger charge is -2.16. The maximum Gasteiger partial charge on any atom is 0.264 e. The van der Waals surface area contributed by atoms with Gasteiger partial charge in [0.2, 0.25) is 11.8 Å². The Labute approximate surface area is 208 Å². The lowest BCUT2D eigenvalue weighted by molar-refractivity contribution is -0.117. The summed E-state index contributed by atoms with van der Waals surface area (Å²) >= 11 is 1.20. The fourth-order valence-corrected chi connectivity index (χ4v) is 5.13. The Kier molecular flexibility index (Phi) is 8.27. The van der Waals surface area contributed by atoms with Crippen molar-refractivity contribution in [3.63, 3.8) is 0 Å². The maximum absolute atomic E-state index is 12.9. The quantitative estimate of drug-likeness (QED) is 0.435. The molecule has 2 N–H and O–H groups in total. The third-order valence-corrected chi connectivity index (χ3v) is 7.77. The number of hydrogen-bond donors (Lipinski definition) is 2. The molecule has 1 aromatic heterocycles. The molecular formula is C25H24N4O4S2. The lowest BCUT2D eigenvalue weighted by atomic mass is 10.1. The Morgan fingerprint density at radius 2 is 1.71 bits per heavy atom. The second kappa shape index (κ2) is 11.2. The second-order valence-corrected chi connectivity index (χ2v) is 10.6. The molecular weight excluding hydrogens is 484 g/mol. The van der Waals surface area contributed by atoms with E-state index in [0.717, 1.165) is 18.1 Å². The van der Waals surface area contributed by atoms with E-state index in [-0.39, 0.29) is 10.8 Å². The number of hydrogen-bond acceptors (Lipinski definition) is 7. The zero-order valence-electron chi connectivity index (χ0n) is 19.4. The van der Waals surface area contributed by atoms with E-state index in [1.165, 1.54) is 36.0 Å². The zero-order valence-corrected chi connectivity index (χ0v) is 21.0. The van der Waals surface area contributed by atoms with E-state index < -0.39 is 21.2 Å². The first-order valence-electron chi connectivity index (χ1n) is 10.7. The molecule has 8 nitrogen and oxygen atoms in total. The highest BCUT2D eigenvalue weighted by Crippen LogP contribution is 2.30. The summed E-state index contributed by atoms with van der Waals surface area (Å²) in [5.41, 5.74) is 3.52. The van der Waals surface area contributed by atoms with Crippen LogP contribution in [0.2, 0.25) is 0 Å². The first kappa shape index (κ1) is 25.9. The molecule has 0 radical (unpaired) electrons. The van der Waals surface area contributed by atoms with Crippen LogP contribution in [0.5, 0.6) is 0 Å². The number of anilines is 1. The number of benzene rings is 2. The van der Waals surface area contributed by atoms with Gasteiger partial charge < -0.3 is 5.32 Å². The van der Waals surface area contributed by atoms with Gasteiger partial charge in [-0.3, -0.25) is 9.59 Å². The van der Waals surface area contributed by atoms with Crippen LogP contribution >= 0.6 is 11.8 Å². The molecule has 0 aliphatic carbocycles. The number of carbonyl (C=O) groups excluding carboxylic acids is 2. The summed E-state index contributed by atoms with van der Waals surface area (Å²) in [5, 5.41) is 12.2. The molecule has 3 rings (SSSR count). The Morgan fingerprint density at radius 1 is 1.06 bits per heavy atom. The smallest absolute Gasteiger partial charge is 0.264 e. The minimum absolute atomic E-state index is 0.0945. The van der Waals surface area contributed by atoms with Crippen LogP contribution in [0.3, 0.4) is 0 Å². The van der Waals surface area contributed by atoms with Crippen LogP contribution in [-0.4, -0.2) is 30.5 Å². The van der Waals surface area contributed by atoms with Crippen LogP contribution < -0.4 is 10.0 Å². The summed E-state index contributed by atoms with van der Waals surface area (Å²) in [6, 6.07) is 19.0. The average Bonchev–Trinajstić information content (AvgIpc) is 2.82. The van der Waals surface area contributed by atoms with E-state index in [1.807, 2.05) is 42.8 Å². The van der Waals surface area contributed by atoms with E-state index in [2.05, 4.69) is 16.4 Å². The third-order valence-electron chi connectivity index (χ3n) is 4.96. The second-order valence-electron chi connectivity index (χ2n) is 7.72. The number of nitriles is 1. The van der Waals surface area contributed by atoms with Crippen molar-refractivity contribution >= 4 is 39.3 Å². The van der Waals surface area contributed by atoms with Crippen molar-refractivity contribution in [1.82, 2.24) is 9.71 Å². The minimum Gasteiger partial charge on any atom is -0.325 e. The summed E-state index contributed by atoms with van der Waals surface area (Å²) in [5.74, 6) is -0.997. The molecule has 180 valence electrons. The van der Waals surface area contributed by atoms with Crippen molar-refractivity contribution in [2.45, 2.75) is 42.4 Å². The SMILES string of the molecule is CCC(Sc1nc(-c2ccc(C)cc2)ccc1C#N)C(=O)Nc1ccc(S(=O)(=O)NC(C)=O)cc1. The number of sulfonamides is 1. The molecule has 2 amide bonds. The normalized spacial score (nSPS) is 11.8. The monoisotopic (exact) mass is 508 g/mol. The van der Waals surface area contributed by atoms with Gasteiger partial charge in [0.15, 0.2) is 0 Å². The molecule has 0 aliphatic rings. The number of aromatic nitrogens is 1. The minimum atomic E-state index is -3.96. The van der Waals surface area contributed by atoms with Crippen molar-refractivity contribution < 1.29 is 18.0 Å². The average molecular weight is 509 g/mol. The topological polar surface area (TPSA) is 129 Å². The molecule has 10 heteroatoms. The largest absolute Gasteiger partial charge is 0.325 e. The zero-order chi connectivity index (χ0) is 25.6. The van der Waals surface area contributed by atoms with E-state index >= 15 is 0 Å². The van der Waals surface area contributed by atoms with Crippen LogP contribution in [0, 0.1) is 18.3 Å². The van der Waals surface area contributed by atoms with E-state index in [4.69, 9.17) is 0 Å². The van der Waals surface area contributed by atoms with Gasteiger partial charge in [-0.05, 0) is 49.7 Å². The summed E-state index contributed by atoms with van der Waals surface area (Å²) in [6.07, 6.45) is 0.479. The van der Waals surface area contributed by atoms with Crippen molar-refractivity contribution in [2.75, 3.05) is 5.32 Å². The summed E-state index contributed by atoms with van der Waals surface area (Å²) in [6.45, 7) is 4.96. The predicted molar refractivity (Wildman–Crippen MR) is 135 cm³/mol. The first-order valence-corrected chi connectivity index (χ1v) is 13.1. The first-order chi connectivity index (χ1) is 16.6. The van der Waals surface area contributed by atoms with E-state index in [0.29, 0.717) is 28.4 Å². The van der Waals surface area contributed by atoms with Gasteiger partial charge in [0.25, 0.3) is 10.0 Å². The van der Waals surface area contributed by atoms with Gasteiger partial charge in [0.05, 0.1) is 21.4 Å². The van der Waals surface area contributed by atoms with Gasteiger partial charge in [-0.25, -0.2) is 18.1 Å². The number of carbonyl (C=O) groups is 2. The molecule has 3 aromatic rings.